The molecule has 0 atom stereocenters. The van der Waals surface area contributed by atoms with Gasteiger partial charge in [-0.3, -0.25) is 9.59 Å². The fourth-order valence-electron chi connectivity index (χ4n) is 2.31. The molecule has 0 saturated carbocycles. The Kier molecular flexibility index (Phi) is 4.79. The normalized spacial score (nSPS) is 15.5. The maximum Gasteiger partial charge on any atom is 0.248 e. The van der Waals surface area contributed by atoms with Gasteiger partial charge in [0.15, 0.2) is 0 Å². The van der Waals surface area contributed by atoms with Gasteiger partial charge in [-0.1, -0.05) is 0 Å². The van der Waals surface area contributed by atoms with Crippen molar-refractivity contribution in [1.82, 2.24) is 9.80 Å². The monoisotopic (exact) mass is 280 g/mol. The Morgan fingerprint density at radius 3 is 2.25 bits per heavy atom. The van der Waals surface area contributed by atoms with Crippen molar-refractivity contribution in [2.45, 2.75) is 19.8 Å². The van der Waals surface area contributed by atoms with Gasteiger partial charge in [-0.2, -0.15) is 0 Å². The van der Waals surface area contributed by atoms with Crippen LogP contribution in [0.2, 0.25) is 0 Å². The van der Waals surface area contributed by atoms with Gasteiger partial charge in [0, 0.05) is 39.0 Å². The third-order valence-corrected chi connectivity index (χ3v) is 3.50. The molecule has 0 unspecified atom stereocenters. The van der Waals surface area contributed by atoms with Crippen molar-refractivity contribution in [2.75, 3.05) is 32.8 Å². The van der Waals surface area contributed by atoms with Crippen molar-refractivity contribution < 1.29 is 19.1 Å². The Hall–Kier alpha value is -1.82. The number of hydrogen-bond acceptors (Lipinski definition) is 4. The van der Waals surface area contributed by atoms with Crippen LogP contribution in [0.1, 0.15) is 17.9 Å². The van der Waals surface area contributed by atoms with Gasteiger partial charge >= 0.3 is 0 Å². The van der Waals surface area contributed by atoms with E-state index in [-0.39, 0.29) is 11.8 Å². The van der Waals surface area contributed by atoms with Crippen molar-refractivity contribution in [2.24, 2.45) is 0 Å². The molecule has 0 bridgehead atoms. The van der Waals surface area contributed by atoms with E-state index in [9.17, 15) is 9.59 Å². The standard InChI is InChI=1S/C14H20N2O4/c1-11-2-3-12(20-11)4-5-13(18)15-6-8-16(9-7-15)14(19)10-17/h2-3,17H,4-10H2,1H3. The molecule has 0 spiro atoms. The van der Waals surface area contributed by atoms with Crippen LogP contribution in [0, 0.1) is 6.92 Å². The predicted octanol–water partition coefficient (Wildman–Crippen LogP) is 0.184. The average molecular weight is 280 g/mol. The number of hydrogen-bond donors (Lipinski definition) is 1. The van der Waals surface area contributed by atoms with Gasteiger partial charge < -0.3 is 19.3 Å². The van der Waals surface area contributed by atoms with Crippen molar-refractivity contribution in [3.8, 4) is 0 Å². The van der Waals surface area contributed by atoms with Crippen LogP contribution in [-0.4, -0.2) is 59.5 Å². The third kappa shape index (κ3) is 3.60. The van der Waals surface area contributed by atoms with E-state index < -0.39 is 6.61 Å². The minimum absolute atomic E-state index is 0.0788. The maximum absolute atomic E-state index is 12.1. The molecule has 0 radical (unpaired) electrons. The fourth-order valence-corrected chi connectivity index (χ4v) is 2.31. The summed E-state index contributed by atoms with van der Waals surface area (Å²) in [5, 5.41) is 8.79. The average Bonchev–Trinajstić information content (AvgIpc) is 2.89. The summed E-state index contributed by atoms with van der Waals surface area (Å²) < 4.78 is 5.43. The van der Waals surface area contributed by atoms with Crippen LogP contribution in [0.3, 0.4) is 0 Å². The van der Waals surface area contributed by atoms with Crippen molar-refractivity contribution >= 4 is 11.8 Å². The van der Waals surface area contributed by atoms with Crippen molar-refractivity contribution in [1.29, 1.82) is 0 Å². The third-order valence-electron chi connectivity index (χ3n) is 3.50. The number of carbonyl (C=O) groups is 2. The summed E-state index contributed by atoms with van der Waals surface area (Å²) in [6, 6.07) is 3.78. The van der Waals surface area contributed by atoms with E-state index in [1.807, 2.05) is 19.1 Å². The molecule has 2 rings (SSSR count). The van der Waals surface area contributed by atoms with Crippen LogP contribution in [0.5, 0.6) is 0 Å². The van der Waals surface area contributed by atoms with E-state index in [2.05, 4.69) is 0 Å². The molecule has 110 valence electrons. The summed E-state index contributed by atoms with van der Waals surface area (Å²) in [6.07, 6.45) is 1.02. The summed E-state index contributed by atoms with van der Waals surface area (Å²) in [5.74, 6) is 1.48. The first-order chi connectivity index (χ1) is 9.60. The molecule has 1 aromatic heterocycles. The Balaban J connectivity index is 1.76. The SMILES string of the molecule is Cc1ccc(CCC(=O)N2CCN(C(=O)CO)CC2)o1. The molecule has 1 aliphatic rings. The smallest absolute Gasteiger partial charge is 0.248 e. The molecule has 2 amide bonds. The van der Waals surface area contributed by atoms with Gasteiger partial charge in [-0.05, 0) is 19.1 Å². The molecule has 0 aliphatic carbocycles. The molecule has 1 aliphatic heterocycles. The molecule has 2 heterocycles. The van der Waals surface area contributed by atoms with Crippen molar-refractivity contribution in [3.63, 3.8) is 0 Å². The molecular weight excluding hydrogens is 260 g/mol. The van der Waals surface area contributed by atoms with Gasteiger partial charge in [0.05, 0.1) is 0 Å². The molecule has 1 aromatic rings. The summed E-state index contributed by atoms with van der Waals surface area (Å²) in [5.41, 5.74) is 0. The van der Waals surface area contributed by atoms with Gasteiger partial charge in [-0.15, -0.1) is 0 Å². The lowest BCUT2D eigenvalue weighted by atomic mass is 10.2. The Morgan fingerprint density at radius 2 is 1.75 bits per heavy atom. The summed E-state index contributed by atoms with van der Waals surface area (Å²) >= 11 is 0. The number of aliphatic hydroxyl groups is 1. The van der Waals surface area contributed by atoms with Crippen LogP contribution in [-0.2, 0) is 16.0 Å². The van der Waals surface area contributed by atoms with Crippen molar-refractivity contribution in [3.05, 3.63) is 23.7 Å². The highest BCUT2D eigenvalue weighted by atomic mass is 16.3. The fraction of sp³-hybridized carbons (Fsp3) is 0.571. The highest BCUT2D eigenvalue weighted by Crippen LogP contribution is 2.11. The number of amides is 2. The number of carbonyl (C=O) groups excluding carboxylic acids is 2. The quantitative estimate of drug-likeness (QED) is 0.854. The number of furan rings is 1. The Morgan fingerprint density at radius 1 is 1.15 bits per heavy atom. The molecule has 20 heavy (non-hydrogen) atoms. The van der Waals surface area contributed by atoms with E-state index in [0.717, 1.165) is 11.5 Å². The zero-order chi connectivity index (χ0) is 14.5. The van der Waals surface area contributed by atoms with Crippen LogP contribution in [0.4, 0.5) is 0 Å². The summed E-state index contributed by atoms with van der Waals surface area (Å²) in [4.78, 5) is 26.7. The van der Waals surface area contributed by atoms with Gasteiger partial charge in [0.1, 0.15) is 18.1 Å². The topological polar surface area (TPSA) is 74.0 Å². The maximum atomic E-state index is 12.1. The zero-order valence-corrected chi connectivity index (χ0v) is 11.7. The highest BCUT2D eigenvalue weighted by Gasteiger charge is 2.23. The van der Waals surface area contributed by atoms with Crippen LogP contribution in [0.25, 0.3) is 0 Å². The minimum Gasteiger partial charge on any atom is -0.466 e. The molecule has 6 nitrogen and oxygen atoms in total. The lowest BCUT2D eigenvalue weighted by molar-refractivity contribution is -0.141. The first kappa shape index (κ1) is 14.6. The largest absolute Gasteiger partial charge is 0.466 e. The minimum atomic E-state index is -0.466. The van der Waals surface area contributed by atoms with E-state index in [1.165, 1.54) is 0 Å². The van der Waals surface area contributed by atoms with E-state index >= 15 is 0 Å². The highest BCUT2D eigenvalue weighted by molar-refractivity contribution is 5.79. The Labute approximate surface area is 118 Å². The molecule has 1 fully saturated rings. The second kappa shape index (κ2) is 6.56. The number of rotatable bonds is 4. The second-order valence-electron chi connectivity index (χ2n) is 4.93. The van der Waals surface area contributed by atoms with Crippen LogP contribution < -0.4 is 0 Å². The first-order valence-electron chi connectivity index (χ1n) is 6.82. The number of piperazine rings is 1. The first-order valence-corrected chi connectivity index (χ1v) is 6.82. The van der Waals surface area contributed by atoms with Crippen LogP contribution >= 0.6 is 0 Å². The Bertz CT molecular complexity index is 475. The predicted molar refractivity (Wildman–Crippen MR) is 72.0 cm³/mol. The van der Waals surface area contributed by atoms with Gasteiger partial charge in [-0.25, -0.2) is 0 Å². The number of nitrogens with zero attached hydrogens (tertiary/aromatic N) is 2. The molecular formula is C14H20N2O4. The molecule has 0 aromatic carbocycles. The second-order valence-corrected chi connectivity index (χ2v) is 4.93. The van der Waals surface area contributed by atoms with Crippen LogP contribution in [0.15, 0.2) is 16.5 Å². The van der Waals surface area contributed by atoms with Gasteiger partial charge in [0.2, 0.25) is 11.8 Å². The van der Waals surface area contributed by atoms with E-state index in [0.29, 0.717) is 39.0 Å². The number of aliphatic hydroxyl groups excluding tert-OH is 1. The van der Waals surface area contributed by atoms with E-state index in [1.54, 1.807) is 9.80 Å². The zero-order valence-electron chi connectivity index (χ0n) is 11.7. The molecule has 1 saturated heterocycles. The number of aryl methyl sites for hydroxylation is 2. The van der Waals surface area contributed by atoms with E-state index in [4.69, 9.17) is 9.52 Å². The summed E-state index contributed by atoms with van der Waals surface area (Å²) in [6.45, 7) is 3.45. The molecule has 1 N–H and O–H groups in total. The lowest BCUT2D eigenvalue weighted by Gasteiger charge is -2.34. The lowest BCUT2D eigenvalue weighted by Crippen LogP contribution is -2.51. The summed E-state index contributed by atoms with van der Waals surface area (Å²) in [7, 11) is 0. The molecule has 6 heteroatoms. The van der Waals surface area contributed by atoms with Gasteiger partial charge in [0.25, 0.3) is 0 Å².